The van der Waals surface area contributed by atoms with Crippen molar-refractivity contribution in [2.45, 2.75) is 45.8 Å². The van der Waals surface area contributed by atoms with Crippen LogP contribution in [0.3, 0.4) is 0 Å². The molecule has 7 heteroatoms. The molecule has 0 aliphatic carbocycles. The molecule has 0 radical (unpaired) electrons. The van der Waals surface area contributed by atoms with Gasteiger partial charge in [-0.15, -0.1) is 0 Å². The molecular formula is C26H27NO6. The van der Waals surface area contributed by atoms with E-state index in [9.17, 15) is 14.4 Å². The first-order valence-electron chi connectivity index (χ1n) is 11.1. The molecule has 0 bridgehead atoms. The molecular weight excluding hydrogens is 422 g/mol. The van der Waals surface area contributed by atoms with Crippen LogP contribution in [0.1, 0.15) is 47.7 Å². The third-order valence-corrected chi connectivity index (χ3v) is 5.97. The largest absolute Gasteiger partial charge is 0.489 e. The van der Waals surface area contributed by atoms with Crippen molar-refractivity contribution in [3.63, 3.8) is 0 Å². The van der Waals surface area contributed by atoms with Gasteiger partial charge >= 0.3 is 11.6 Å². The number of esters is 1. The van der Waals surface area contributed by atoms with Crippen LogP contribution in [0.5, 0.6) is 5.75 Å². The topological polar surface area (TPSA) is 86.0 Å². The van der Waals surface area contributed by atoms with E-state index in [-0.39, 0.29) is 25.2 Å². The van der Waals surface area contributed by atoms with Crippen molar-refractivity contribution in [1.82, 2.24) is 4.90 Å². The van der Waals surface area contributed by atoms with Crippen molar-refractivity contribution in [2.75, 3.05) is 13.2 Å². The van der Waals surface area contributed by atoms with Crippen LogP contribution in [0.25, 0.3) is 11.0 Å². The van der Waals surface area contributed by atoms with Crippen LogP contribution >= 0.6 is 0 Å². The molecule has 1 aromatic heterocycles. The van der Waals surface area contributed by atoms with Gasteiger partial charge in [-0.1, -0.05) is 12.1 Å². The fourth-order valence-corrected chi connectivity index (χ4v) is 4.06. The Balaban J connectivity index is 1.31. The van der Waals surface area contributed by atoms with E-state index in [0.717, 1.165) is 42.3 Å². The quantitative estimate of drug-likeness (QED) is 0.413. The molecule has 1 fully saturated rings. The summed E-state index contributed by atoms with van der Waals surface area (Å²) in [6.45, 7) is 4.63. The summed E-state index contributed by atoms with van der Waals surface area (Å²) in [5.41, 5.74) is 2.16. The lowest BCUT2D eigenvalue weighted by Gasteiger charge is -2.33. The second-order valence-corrected chi connectivity index (χ2v) is 8.40. The highest BCUT2D eigenvalue weighted by molar-refractivity contribution is 5.91. The number of hydrogen-bond acceptors (Lipinski definition) is 6. The summed E-state index contributed by atoms with van der Waals surface area (Å²) in [5, 5.41) is 0.859. The minimum atomic E-state index is -0.527. The number of piperidine rings is 1. The lowest BCUT2D eigenvalue weighted by Crippen LogP contribution is -2.44. The van der Waals surface area contributed by atoms with Crippen molar-refractivity contribution < 1.29 is 23.5 Å². The summed E-state index contributed by atoms with van der Waals surface area (Å²) >= 11 is 0. The standard InChI is InChI=1S/C26H27NO6/c1-17-13-25(29)33-23-14-21(10-11-22(17)23)31-15-19-6-8-20(9-7-19)26(30)32-16-24(28)27-12-4-3-5-18(27)2/h6-11,13-14,18H,3-5,12,15-16H2,1-2H3/t18-/m0/s1. The van der Waals surface area contributed by atoms with Gasteiger partial charge in [-0.25, -0.2) is 9.59 Å². The lowest BCUT2D eigenvalue weighted by molar-refractivity contribution is -0.137. The molecule has 4 rings (SSSR count). The first-order chi connectivity index (χ1) is 15.9. The summed E-state index contributed by atoms with van der Waals surface area (Å²) in [6, 6.07) is 13.9. The fourth-order valence-electron chi connectivity index (χ4n) is 4.06. The van der Waals surface area contributed by atoms with Gasteiger partial charge in [-0.3, -0.25) is 4.79 Å². The van der Waals surface area contributed by atoms with Crippen molar-refractivity contribution in [1.29, 1.82) is 0 Å². The zero-order chi connectivity index (χ0) is 23.4. The summed E-state index contributed by atoms with van der Waals surface area (Å²) in [4.78, 5) is 38.1. The Labute approximate surface area is 191 Å². The maximum atomic E-state index is 12.3. The van der Waals surface area contributed by atoms with Gasteiger partial charge in [-0.2, -0.15) is 0 Å². The first-order valence-corrected chi connectivity index (χ1v) is 11.1. The normalized spacial score (nSPS) is 15.9. The molecule has 0 unspecified atom stereocenters. The molecule has 1 aliphatic rings. The van der Waals surface area contributed by atoms with Gasteiger partial charge in [0, 0.05) is 30.1 Å². The smallest absolute Gasteiger partial charge is 0.338 e. The molecule has 1 aliphatic heterocycles. The van der Waals surface area contributed by atoms with Crippen LogP contribution < -0.4 is 10.4 Å². The van der Waals surface area contributed by atoms with Crippen molar-refractivity contribution in [3.8, 4) is 5.75 Å². The second-order valence-electron chi connectivity index (χ2n) is 8.40. The zero-order valence-corrected chi connectivity index (χ0v) is 18.8. The van der Waals surface area contributed by atoms with Crippen LogP contribution in [0, 0.1) is 6.92 Å². The molecule has 3 aromatic rings. The number of hydrogen-bond donors (Lipinski definition) is 0. The third-order valence-electron chi connectivity index (χ3n) is 5.97. The van der Waals surface area contributed by atoms with Crippen LogP contribution in [0.2, 0.25) is 0 Å². The van der Waals surface area contributed by atoms with Gasteiger partial charge in [0.15, 0.2) is 6.61 Å². The minimum absolute atomic E-state index is 0.151. The van der Waals surface area contributed by atoms with Crippen LogP contribution in [0.4, 0.5) is 0 Å². The molecule has 0 N–H and O–H groups in total. The molecule has 33 heavy (non-hydrogen) atoms. The van der Waals surface area contributed by atoms with E-state index >= 15 is 0 Å². The van der Waals surface area contributed by atoms with E-state index in [1.54, 1.807) is 35.2 Å². The number of carbonyl (C=O) groups excluding carboxylic acids is 2. The van der Waals surface area contributed by atoms with Crippen LogP contribution in [0.15, 0.2) is 57.7 Å². The number of nitrogens with zero attached hydrogens (tertiary/aromatic N) is 1. The van der Waals surface area contributed by atoms with Crippen molar-refractivity contribution >= 4 is 22.8 Å². The number of amides is 1. The van der Waals surface area contributed by atoms with Gasteiger partial charge in [-0.05, 0) is 68.5 Å². The number of likely N-dealkylation sites (tertiary alicyclic amines) is 1. The fraction of sp³-hybridized carbons (Fsp3) is 0.346. The van der Waals surface area contributed by atoms with Crippen LogP contribution in [-0.2, 0) is 16.1 Å². The predicted molar refractivity (Wildman–Crippen MR) is 123 cm³/mol. The number of benzene rings is 2. The Morgan fingerprint density at radius 2 is 1.88 bits per heavy atom. The molecule has 1 saturated heterocycles. The third kappa shape index (κ3) is 5.42. The van der Waals surface area contributed by atoms with Gasteiger partial charge in [0.2, 0.25) is 0 Å². The number of aryl methyl sites for hydroxylation is 1. The highest BCUT2D eigenvalue weighted by atomic mass is 16.5. The second kappa shape index (κ2) is 9.90. The molecule has 2 heterocycles. The Morgan fingerprint density at radius 1 is 1.09 bits per heavy atom. The van der Waals surface area contributed by atoms with E-state index in [4.69, 9.17) is 13.9 Å². The molecule has 0 spiro atoms. The highest BCUT2D eigenvalue weighted by Crippen LogP contribution is 2.23. The van der Waals surface area contributed by atoms with Gasteiger partial charge in [0.1, 0.15) is 17.9 Å². The average Bonchev–Trinajstić information content (AvgIpc) is 2.81. The van der Waals surface area contributed by atoms with E-state index < -0.39 is 11.6 Å². The number of fused-ring (bicyclic) bond motifs is 1. The summed E-state index contributed by atoms with van der Waals surface area (Å²) < 4.78 is 16.3. The van der Waals surface area contributed by atoms with Gasteiger partial charge < -0.3 is 18.8 Å². The van der Waals surface area contributed by atoms with Gasteiger partial charge in [0.25, 0.3) is 5.91 Å². The van der Waals surface area contributed by atoms with E-state index in [2.05, 4.69) is 0 Å². The Kier molecular flexibility index (Phi) is 6.77. The highest BCUT2D eigenvalue weighted by Gasteiger charge is 2.24. The zero-order valence-electron chi connectivity index (χ0n) is 18.8. The lowest BCUT2D eigenvalue weighted by atomic mass is 10.0. The maximum absolute atomic E-state index is 12.3. The molecule has 172 valence electrons. The Hall–Kier alpha value is -3.61. The predicted octanol–water partition coefficient (Wildman–Crippen LogP) is 4.24. The maximum Gasteiger partial charge on any atom is 0.338 e. The van der Waals surface area contributed by atoms with E-state index in [1.165, 1.54) is 6.07 Å². The Morgan fingerprint density at radius 3 is 2.64 bits per heavy atom. The molecule has 1 amide bonds. The summed E-state index contributed by atoms with van der Waals surface area (Å²) in [6.07, 6.45) is 3.09. The minimum Gasteiger partial charge on any atom is -0.489 e. The Bertz CT molecular complexity index is 1210. The van der Waals surface area contributed by atoms with Gasteiger partial charge in [0.05, 0.1) is 5.56 Å². The summed E-state index contributed by atoms with van der Waals surface area (Å²) in [5.74, 6) is -0.104. The molecule has 7 nitrogen and oxygen atoms in total. The number of ether oxygens (including phenoxy) is 2. The molecule has 2 aromatic carbocycles. The van der Waals surface area contributed by atoms with E-state index in [1.807, 2.05) is 26.0 Å². The van der Waals surface area contributed by atoms with Crippen molar-refractivity contribution in [3.05, 3.63) is 75.6 Å². The number of rotatable bonds is 6. The monoisotopic (exact) mass is 449 g/mol. The summed E-state index contributed by atoms with van der Waals surface area (Å²) in [7, 11) is 0. The molecule has 1 atom stereocenters. The van der Waals surface area contributed by atoms with Crippen LogP contribution in [-0.4, -0.2) is 36.0 Å². The SMILES string of the molecule is Cc1cc(=O)oc2cc(OCc3ccc(C(=O)OCC(=O)N4CCCC[C@@H]4C)cc3)ccc12. The van der Waals surface area contributed by atoms with E-state index in [0.29, 0.717) is 16.9 Å². The first kappa shape index (κ1) is 22.6. The van der Waals surface area contributed by atoms with Crippen molar-refractivity contribution in [2.24, 2.45) is 0 Å². The average molecular weight is 450 g/mol. The molecule has 0 saturated carbocycles. The number of carbonyl (C=O) groups is 2.